The Morgan fingerprint density at radius 1 is 1.21 bits per heavy atom. The van der Waals surface area contributed by atoms with Gasteiger partial charge in [-0.25, -0.2) is 13.6 Å². The quantitative estimate of drug-likeness (QED) is 0.620. The third kappa shape index (κ3) is 4.06. The minimum Gasteiger partial charge on any atom is -0.452 e. The monoisotopic (exact) mass is 374 g/mol. The second kappa shape index (κ2) is 7.37. The van der Waals surface area contributed by atoms with Crippen molar-refractivity contribution in [2.45, 2.75) is 0 Å². The molecule has 10 heteroatoms. The first kappa shape index (κ1) is 17.8. The van der Waals surface area contributed by atoms with Gasteiger partial charge in [-0.1, -0.05) is 11.6 Å². The summed E-state index contributed by atoms with van der Waals surface area (Å²) in [4.78, 5) is 34.6. The van der Waals surface area contributed by atoms with Gasteiger partial charge in [0.15, 0.2) is 18.2 Å². The summed E-state index contributed by atoms with van der Waals surface area (Å²) in [5.74, 6) is -5.06. The molecule has 0 spiro atoms. The van der Waals surface area contributed by atoms with Crippen LogP contribution in [0.25, 0.3) is 0 Å². The number of ether oxygens (including phenoxy) is 1. The first-order valence-electron chi connectivity index (χ1n) is 6.28. The molecule has 126 valence electrons. The first-order chi connectivity index (χ1) is 11.3. The fraction of sp³-hybridized carbons (Fsp3) is 0.0714. The van der Waals surface area contributed by atoms with Gasteiger partial charge in [0, 0.05) is 0 Å². The van der Waals surface area contributed by atoms with E-state index >= 15 is 0 Å². The van der Waals surface area contributed by atoms with Gasteiger partial charge < -0.3 is 15.8 Å². The number of nitrogens with two attached hydrogens (primary N) is 1. The maximum atomic E-state index is 13.1. The molecule has 0 aliphatic carbocycles. The molecule has 0 fully saturated rings. The predicted molar refractivity (Wildman–Crippen MR) is 83.1 cm³/mol. The summed E-state index contributed by atoms with van der Waals surface area (Å²) in [6.45, 7) is -0.718. The van der Waals surface area contributed by atoms with Gasteiger partial charge in [0.2, 0.25) is 0 Å². The van der Waals surface area contributed by atoms with Crippen LogP contribution in [0.3, 0.4) is 0 Å². The Hall–Kier alpha value is -2.52. The fourth-order valence-corrected chi connectivity index (χ4v) is 2.69. The number of benzene rings is 1. The minimum absolute atomic E-state index is 0.114. The highest BCUT2D eigenvalue weighted by molar-refractivity contribution is 7.14. The maximum Gasteiger partial charge on any atom is 0.340 e. The number of thiophene rings is 1. The molecule has 0 saturated carbocycles. The van der Waals surface area contributed by atoms with E-state index in [1.807, 2.05) is 0 Å². The van der Waals surface area contributed by atoms with E-state index < -0.39 is 41.6 Å². The van der Waals surface area contributed by atoms with E-state index in [2.05, 4.69) is 10.1 Å². The lowest BCUT2D eigenvalue weighted by atomic mass is 10.2. The molecule has 1 aromatic heterocycles. The smallest absolute Gasteiger partial charge is 0.340 e. The lowest BCUT2D eigenvalue weighted by molar-refractivity contribution is -0.119. The number of carbonyl (C=O) groups excluding carboxylic acids is 3. The zero-order valence-corrected chi connectivity index (χ0v) is 13.3. The number of nitrogens with one attached hydrogen (secondary N) is 1. The molecule has 0 aliphatic heterocycles. The second-order valence-corrected chi connectivity index (χ2v) is 5.72. The van der Waals surface area contributed by atoms with Crippen LogP contribution < -0.4 is 11.1 Å². The number of hydrogen-bond donors (Lipinski definition) is 2. The Morgan fingerprint density at radius 3 is 2.54 bits per heavy atom. The van der Waals surface area contributed by atoms with Crippen molar-refractivity contribution in [3.63, 3.8) is 0 Å². The number of amides is 2. The molecule has 6 nitrogen and oxygen atoms in total. The molecule has 0 saturated heterocycles. The van der Waals surface area contributed by atoms with Crippen LogP contribution in [0.4, 0.5) is 13.8 Å². The number of carbonyl (C=O) groups is 3. The molecule has 2 rings (SSSR count). The molecular weight excluding hydrogens is 366 g/mol. The Kier molecular flexibility index (Phi) is 5.47. The van der Waals surface area contributed by atoms with Crippen molar-refractivity contribution in [2.75, 3.05) is 11.9 Å². The zero-order chi connectivity index (χ0) is 17.9. The van der Waals surface area contributed by atoms with Crippen LogP contribution in [0.2, 0.25) is 5.02 Å². The highest BCUT2D eigenvalue weighted by Crippen LogP contribution is 2.23. The second-order valence-electron chi connectivity index (χ2n) is 4.40. The first-order valence-corrected chi connectivity index (χ1v) is 7.54. The number of primary amides is 1. The van der Waals surface area contributed by atoms with Crippen LogP contribution in [-0.2, 0) is 9.53 Å². The molecule has 24 heavy (non-hydrogen) atoms. The topological polar surface area (TPSA) is 98.5 Å². The highest BCUT2D eigenvalue weighted by atomic mass is 35.5. The molecule has 1 aromatic carbocycles. The zero-order valence-electron chi connectivity index (χ0n) is 11.8. The van der Waals surface area contributed by atoms with Crippen LogP contribution in [0.5, 0.6) is 0 Å². The van der Waals surface area contributed by atoms with Crippen molar-refractivity contribution in [3.8, 4) is 0 Å². The molecule has 0 aliphatic rings. The molecule has 1 heterocycles. The predicted octanol–water partition coefficient (Wildman–Crippen LogP) is 2.57. The number of halogens is 3. The van der Waals surface area contributed by atoms with Gasteiger partial charge >= 0.3 is 5.97 Å². The lowest BCUT2D eigenvalue weighted by Crippen LogP contribution is -2.22. The van der Waals surface area contributed by atoms with Crippen LogP contribution in [0.1, 0.15) is 20.7 Å². The average Bonchev–Trinajstić information content (AvgIpc) is 2.96. The van der Waals surface area contributed by atoms with Crippen LogP contribution in [-0.4, -0.2) is 24.4 Å². The van der Waals surface area contributed by atoms with Crippen molar-refractivity contribution < 1.29 is 27.9 Å². The highest BCUT2D eigenvalue weighted by Gasteiger charge is 2.18. The fourth-order valence-electron chi connectivity index (χ4n) is 1.65. The van der Waals surface area contributed by atoms with Crippen molar-refractivity contribution >= 4 is 45.7 Å². The van der Waals surface area contributed by atoms with Crippen molar-refractivity contribution in [2.24, 2.45) is 5.73 Å². The van der Waals surface area contributed by atoms with Crippen LogP contribution >= 0.6 is 22.9 Å². The molecule has 0 radical (unpaired) electrons. The minimum atomic E-state index is -1.28. The van der Waals surface area contributed by atoms with Gasteiger partial charge in [-0.2, -0.15) is 0 Å². The Labute approximate surface area is 143 Å². The molecule has 2 aromatic rings. The summed E-state index contributed by atoms with van der Waals surface area (Å²) in [6, 6.07) is 2.62. The van der Waals surface area contributed by atoms with Gasteiger partial charge in [0.05, 0.1) is 16.1 Å². The van der Waals surface area contributed by atoms with E-state index in [1.165, 1.54) is 6.07 Å². The summed E-state index contributed by atoms with van der Waals surface area (Å²) >= 11 is 6.68. The summed E-state index contributed by atoms with van der Waals surface area (Å²) < 4.78 is 30.7. The lowest BCUT2D eigenvalue weighted by Gasteiger charge is -2.07. The van der Waals surface area contributed by atoms with Gasteiger partial charge in [-0.3, -0.25) is 9.59 Å². The Bertz CT molecular complexity index is 825. The van der Waals surface area contributed by atoms with Crippen molar-refractivity contribution in [1.29, 1.82) is 0 Å². The van der Waals surface area contributed by atoms with Gasteiger partial charge in [0.25, 0.3) is 11.8 Å². The Balaban J connectivity index is 1.99. The summed E-state index contributed by atoms with van der Waals surface area (Å²) in [5.41, 5.74) is 4.82. The molecular formula is C14H9ClF2N2O4S. The Morgan fingerprint density at radius 2 is 1.88 bits per heavy atom. The van der Waals surface area contributed by atoms with Crippen LogP contribution in [0.15, 0.2) is 23.6 Å². The van der Waals surface area contributed by atoms with E-state index in [0.29, 0.717) is 12.1 Å². The van der Waals surface area contributed by atoms with Crippen LogP contribution in [0, 0.1) is 11.6 Å². The molecule has 3 N–H and O–H groups in total. The molecule has 0 bridgehead atoms. The van der Waals surface area contributed by atoms with Gasteiger partial charge in [-0.15, -0.1) is 11.3 Å². The van der Waals surface area contributed by atoms with E-state index in [9.17, 15) is 23.2 Å². The van der Waals surface area contributed by atoms with Gasteiger partial charge in [0.1, 0.15) is 5.00 Å². The maximum absolute atomic E-state index is 13.1. The average molecular weight is 375 g/mol. The van der Waals surface area contributed by atoms with E-state index in [1.54, 1.807) is 5.38 Å². The summed E-state index contributed by atoms with van der Waals surface area (Å²) in [6.07, 6.45) is 0. The number of esters is 1. The normalized spacial score (nSPS) is 10.3. The standard InChI is InChI=1S/C14H9ClF2N2O4S/c15-8-4-10(17)9(16)3-7(8)14(22)23-5-11(20)19-13-6(12(18)21)1-2-24-13/h1-4H,5H2,(H2,18,21)(H,19,20). The third-order valence-electron chi connectivity index (χ3n) is 2.75. The molecule has 0 atom stereocenters. The van der Waals surface area contributed by atoms with Gasteiger partial charge in [-0.05, 0) is 23.6 Å². The summed E-state index contributed by atoms with van der Waals surface area (Å²) in [7, 11) is 0. The molecule has 0 unspecified atom stereocenters. The molecule has 2 amide bonds. The summed E-state index contributed by atoms with van der Waals surface area (Å²) in [5, 5.41) is 3.74. The number of hydrogen-bond acceptors (Lipinski definition) is 5. The largest absolute Gasteiger partial charge is 0.452 e. The van der Waals surface area contributed by atoms with E-state index in [-0.39, 0.29) is 15.6 Å². The van der Waals surface area contributed by atoms with E-state index in [0.717, 1.165) is 11.3 Å². The third-order valence-corrected chi connectivity index (χ3v) is 3.89. The SMILES string of the molecule is NC(=O)c1ccsc1NC(=O)COC(=O)c1cc(F)c(F)cc1Cl. The van der Waals surface area contributed by atoms with E-state index in [4.69, 9.17) is 17.3 Å². The van der Waals surface area contributed by atoms with Crippen molar-refractivity contribution in [3.05, 3.63) is 51.4 Å². The number of rotatable bonds is 5. The number of anilines is 1. The van der Waals surface area contributed by atoms with Crippen molar-refractivity contribution in [1.82, 2.24) is 0 Å².